The van der Waals surface area contributed by atoms with E-state index in [1.54, 1.807) is 13.3 Å². The molecule has 10 heteroatoms. The van der Waals surface area contributed by atoms with Gasteiger partial charge in [-0.3, -0.25) is 4.90 Å². The minimum atomic E-state index is -1.35. The Labute approximate surface area is 215 Å². The molecular formula is C27H33F2N3O5. The number of imidazole rings is 1. The molecule has 0 aliphatic carbocycles. The third kappa shape index (κ3) is 7.64. The fraction of sp³-hybridized carbons (Fsp3) is 0.444. The number of ether oxygens (including phenoxy) is 4. The molecule has 200 valence electrons. The lowest BCUT2D eigenvalue weighted by atomic mass is 10.1. The molecular weight excluding hydrogens is 484 g/mol. The van der Waals surface area contributed by atoms with Crippen molar-refractivity contribution in [2.45, 2.75) is 32.0 Å². The van der Waals surface area contributed by atoms with Gasteiger partial charge >= 0.3 is 0 Å². The standard InChI is InChI=1S/C27H33F2N3O5/c1-20-30-6-8-32(20)7-3-10-36-26-12-21(4-5-25(26)34-2)16-31-9-11-35-18-27(33,17-31)19-37-24-14-22(28)13-23(29)15-24/h4-6,8,12-15,33H,3,7,9-11,16-19H2,1-2H3/t27-/m1/s1. The van der Waals surface area contributed by atoms with Crippen molar-refractivity contribution in [3.63, 3.8) is 0 Å². The van der Waals surface area contributed by atoms with E-state index in [0.29, 0.717) is 37.8 Å². The summed E-state index contributed by atoms with van der Waals surface area (Å²) in [6, 6.07) is 8.70. The van der Waals surface area contributed by atoms with E-state index in [4.69, 9.17) is 18.9 Å². The van der Waals surface area contributed by atoms with E-state index in [1.807, 2.05) is 31.3 Å². The highest BCUT2D eigenvalue weighted by Crippen LogP contribution is 2.29. The lowest BCUT2D eigenvalue weighted by Gasteiger charge is -2.30. The van der Waals surface area contributed by atoms with Gasteiger partial charge in [0.1, 0.15) is 35.4 Å². The molecule has 3 aromatic rings. The second kappa shape index (κ2) is 12.4. The highest BCUT2D eigenvalue weighted by atomic mass is 19.1. The molecule has 8 nitrogen and oxygen atoms in total. The van der Waals surface area contributed by atoms with Gasteiger partial charge in [-0.2, -0.15) is 0 Å². The lowest BCUT2D eigenvalue weighted by molar-refractivity contribution is -0.0647. The van der Waals surface area contributed by atoms with Crippen LogP contribution in [0.4, 0.5) is 8.78 Å². The largest absolute Gasteiger partial charge is 0.493 e. The number of β-amino-alcohol motifs (C(OH)–C–C–N with tert-alkyl or cyclic N) is 1. The fourth-order valence-electron chi connectivity index (χ4n) is 4.30. The van der Waals surface area contributed by atoms with E-state index in [-0.39, 0.29) is 25.5 Å². The molecule has 37 heavy (non-hydrogen) atoms. The first kappa shape index (κ1) is 26.8. The number of aryl methyl sites for hydroxylation is 2. The van der Waals surface area contributed by atoms with Crippen LogP contribution in [-0.2, 0) is 17.8 Å². The minimum absolute atomic E-state index is 0.0156. The number of hydrogen-bond acceptors (Lipinski definition) is 7. The minimum Gasteiger partial charge on any atom is -0.493 e. The first-order valence-corrected chi connectivity index (χ1v) is 12.2. The number of benzene rings is 2. The van der Waals surface area contributed by atoms with E-state index in [2.05, 4.69) is 14.5 Å². The summed E-state index contributed by atoms with van der Waals surface area (Å²) in [5.41, 5.74) is -0.366. The van der Waals surface area contributed by atoms with Gasteiger partial charge in [0, 0.05) is 56.8 Å². The second-order valence-electron chi connectivity index (χ2n) is 9.24. The molecule has 1 fully saturated rings. The molecule has 0 unspecified atom stereocenters. The van der Waals surface area contributed by atoms with Crippen molar-refractivity contribution >= 4 is 0 Å². The average molecular weight is 518 g/mol. The third-order valence-corrected chi connectivity index (χ3v) is 6.14. The van der Waals surface area contributed by atoms with E-state index < -0.39 is 17.2 Å². The zero-order valence-corrected chi connectivity index (χ0v) is 21.2. The van der Waals surface area contributed by atoms with Crippen LogP contribution in [0.5, 0.6) is 17.2 Å². The number of methoxy groups -OCH3 is 1. The smallest absolute Gasteiger partial charge is 0.161 e. The predicted molar refractivity (Wildman–Crippen MR) is 133 cm³/mol. The second-order valence-corrected chi connectivity index (χ2v) is 9.24. The Bertz CT molecular complexity index is 1150. The quantitative estimate of drug-likeness (QED) is 0.390. The Morgan fingerprint density at radius 3 is 2.65 bits per heavy atom. The number of nitrogens with zero attached hydrogens (tertiary/aromatic N) is 3. The van der Waals surface area contributed by atoms with Crippen molar-refractivity contribution in [1.29, 1.82) is 0 Å². The van der Waals surface area contributed by atoms with Gasteiger partial charge < -0.3 is 28.6 Å². The first-order chi connectivity index (χ1) is 17.8. The maximum Gasteiger partial charge on any atom is 0.161 e. The average Bonchev–Trinajstić information content (AvgIpc) is 3.17. The summed E-state index contributed by atoms with van der Waals surface area (Å²) in [7, 11) is 1.60. The molecule has 1 aromatic heterocycles. The SMILES string of the molecule is COc1ccc(CN2CCOC[C@@](O)(COc3cc(F)cc(F)c3)C2)cc1OCCCn1ccnc1C. The molecule has 2 heterocycles. The van der Waals surface area contributed by atoms with Gasteiger partial charge in [0.25, 0.3) is 0 Å². The van der Waals surface area contributed by atoms with Crippen LogP contribution in [0.3, 0.4) is 0 Å². The fourth-order valence-corrected chi connectivity index (χ4v) is 4.30. The van der Waals surface area contributed by atoms with Crippen molar-refractivity contribution in [3.05, 3.63) is 71.8 Å². The van der Waals surface area contributed by atoms with Crippen LogP contribution in [0.25, 0.3) is 0 Å². The van der Waals surface area contributed by atoms with Crippen molar-refractivity contribution in [2.24, 2.45) is 0 Å². The molecule has 4 rings (SSSR count). The van der Waals surface area contributed by atoms with Crippen LogP contribution in [0.1, 0.15) is 17.8 Å². The zero-order valence-electron chi connectivity index (χ0n) is 21.2. The maximum absolute atomic E-state index is 13.5. The topological polar surface area (TPSA) is 78.2 Å². The number of aromatic nitrogens is 2. The molecule has 1 atom stereocenters. The van der Waals surface area contributed by atoms with Gasteiger partial charge in [-0.25, -0.2) is 13.8 Å². The lowest BCUT2D eigenvalue weighted by Crippen LogP contribution is -2.48. The summed E-state index contributed by atoms with van der Waals surface area (Å²) in [5, 5.41) is 11.1. The number of aliphatic hydroxyl groups is 1. The summed E-state index contributed by atoms with van der Waals surface area (Å²) in [6.07, 6.45) is 4.55. The number of halogens is 2. The van der Waals surface area contributed by atoms with E-state index in [9.17, 15) is 13.9 Å². The normalized spacial score (nSPS) is 18.4. The molecule has 1 N–H and O–H groups in total. The first-order valence-electron chi connectivity index (χ1n) is 12.2. The van der Waals surface area contributed by atoms with Gasteiger partial charge in [0.2, 0.25) is 0 Å². The molecule has 0 radical (unpaired) electrons. The van der Waals surface area contributed by atoms with E-state index in [1.165, 1.54) is 0 Å². The summed E-state index contributed by atoms with van der Waals surface area (Å²) in [6.45, 7) is 5.01. The monoisotopic (exact) mass is 517 g/mol. The Hall–Kier alpha value is -3.21. The van der Waals surface area contributed by atoms with Gasteiger partial charge in [-0.05, 0) is 31.0 Å². The summed E-state index contributed by atoms with van der Waals surface area (Å²) in [5.74, 6) is 0.802. The Morgan fingerprint density at radius 2 is 1.92 bits per heavy atom. The van der Waals surface area contributed by atoms with Crippen LogP contribution in [0, 0.1) is 18.6 Å². The van der Waals surface area contributed by atoms with Gasteiger partial charge in [-0.1, -0.05) is 6.07 Å². The predicted octanol–water partition coefficient (Wildman–Crippen LogP) is 3.59. The molecule has 1 aliphatic heterocycles. The Balaban J connectivity index is 1.35. The summed E-state index contributed by atoms with van der Waals surface area (Å²) < 4.78 is 51.7. The van der Waals surface area contributed by atoms with Crippen LogP contribution >= 0.6 is 0 Å². The Kier molecular flexibility index (Phi) is 8.96. The number of hydrogen-bond donors (Lipinski definition) is 1. The van der Waals surface area contributed by atoms with Crippen LogP contribution in [0.2, 0.25) is 0 Å². The van der Waals surface area contributed by atoms with Gasteiger partial charge in [0.05, 0.1) is 26.9 Å². The van der Waals surface area contributed by atoms with E-state index >= 15 is 0 Å². The zero-order chi connectivity index (χ0) is 26.3. The van der Waals surface area contributed by atoms with Crippen molar-refractivity contribution in [3.8, 4) is 17.2 Å². The molecule has 1 aliphatic rings. The molecule has 0 spiro atoms. The van der Waals surface area contributed by atoms with Gasteiger partial charge in [-0.15, -0.1) is 0 Å². The van der Waals surface area contributed by atoms with Crippen LogP contribution < -0.4 is 14.2 Å². The van der Waals surface area contributed by atoms with Crippen molar-refractivity contribution < 1.29 is 32.8 Å². The molecule has 0 bridgehead atoms. The van der Waals surface area contributed by atoms with Crippen molar-refractivity contribution in [2.75, 3.05) is 46.6 Å². The number of rotatable bonds is 11. The summed E-state index contributed by atoms with van der Waals surface area (Å²) in [4.78, 5) is 6.28. The molecule has 2 aromatic carbocycles. The van der Waals surface area contributed by atoms with Crippen LogP contribution in [-0.4, -0.2) is 71.8 Å². The van der Waals surface area contributed by atoms with Crippen molar-refractivity contribution in [1.82, 2.24) is 14.5 Å². The third-order valence-electron chi connectivity index (χ3n) is 6.14. The van der Waals surface area contributed by atoms with Crippen LogP contribution in [0.15, 0.2) is 48.8 Å². The molecule has 1 saturated heterocycles. The highest BCUT2D eigenvalue weighted by Gasteiger charge is 2.33. The maximum atomic E-state index is 13.5. The Morgan fingerprint density at radius 1 is 1.11 bits per heavy atom. The summed E-state index contributed by atoms with van der Waals surface area (Å²) >= 11 is 0. The molecule has 0 saturated carbocycles. The van der Waals surface area contributed by atoms with E-state index in [0.717, 1.165) is 42.6 Å². The van der Waals surface area contributed by atoms with Gasteiger partial charge in [0.15, 0.2) is 11.5 Å². The highest BCUT2D eigenvalue weighted by molar-refractivity contribution is 5.43. The molecule has 0 amide bonds.